The molecule has 0 spiro atoms. The van der Waals surface area contributed by atoms with Gasteiger partial charge in [-0.3, -0.25) is 4.79 Å². The maximum Gasteiger partial charge on any atom is 0.326 e. The molecule has 0 saturated heterocycles. The van der Waals surface area contributed by atoms with Crippen LogP contribution in [0.5, 0.6) is 0 Å². The molecule has 126 valence electrons. The Hall–Kier alpha value is -2.73. The van der Waals surface area contributed by atoms with Crippen molar-refractivity contribution in [3.05, 3.63) is 65.2 Å². The first-order valence-electron chi connectivity index (χ1n) is 7.62. The van der Waals surface area contributed by atoms with Crippen molar-refractivity contribution < 1.29 is 14.7 Å². The number of hydrogen-bond acceptors (Lipinski definition) is 3. The number of benzene rings is 2. The minimum atomic E-state index is -1.11. The summed E-state index contributed by atoms with van der Waals surface area (Å²) in [6.07, 6.45) is 0.0992. The van der Waals surface area contributed by atoms with Crippen LogP contribution in [0.4, 0.5) is 0 Å². The highest BCUT2D eigenvalue weighted by Crippen LogP contribution is 2.26. The van der Waals surface area contributed by atoms with Crippen LogP contribution in [0.1, 0.15) is 16.8 Å². The lowest BCUT2D eigenvalue weighted by Crippen LogP contribution is -2.40. The Labute approximate surface area is 152 Å². The molecule has 1 amide bonds. The summed E-state index contributed by atoms with van der Waals surface area (Å²) < 4.78 is 0.504. The van der Waals surface area contributed by atoms with Gasteiger partial charge >= 0.3 is 5.97 Å². The van der Waals surface area contributed by atoms with Crippen LogP contribution in [-0.4, -0.2) is 28.0 Å². The van der Waals surface area contributed by atoms with Crippen LogP contribution in [0.2, 0.25) is 0 Å². The molecule has 0 bridgehead atoms. The summed E-state index contributed by atoms with van der Waals surface area (Å²) in [6, 6.07) is 13.5. The standard InChI is InChI=1S/C19H15BrN2O3/c1-11(20)10-16(19(24)25)22-18(23)17-12-6-2-4-8-14(12)21-15-9-5-3-7-13(15)17/h2-9,16H,1,10H2,(H,22,23)(H,24,25)/t16-/m1/s1. The Morgan fingerprint density at radius 3 is 2.08 bits per heavy atom. The third kappa shape index (κ3) is 3.53. The monoisotopic (exact) mass is 398 g/mol. The number of carbonyl (C=O) groups excluding carboxylic acids is 1. The van der Waals surface area contributed by atoms with Gasteiger partial charge in [-0.2, -0.15) is 0 Å². The van der Waals surface area contributed by atoms with Crippen molar-refractivity contribution in [2.24, 2.45) is 0 Å². The van der Waals surface area contributed by atoms with Gasteiger partial charge in [0.05, 0.1) is 16.6 Å². The quantitative estimate of drug-likeness (QED) is 0.639. The zero-order chi connectivity index (χ0) is 18.0. The van der Waals surface area contributed by atoms with Gasteiger partial charge in [0.25, 0.3) is 5.91 Å². The minimum absolute atomic E-state index is 0.0992. The van der Waals surface area contributed by atoms with Crippen LogP contribution in [0, 0.1) is 0 Å². The lowest BCUT2D eigenvalue weighted by molar-refractivity contribution is -0.139. The third-order valence-electron chi connectivity index (χ3n) is 3.84. The second kappa shape index (κ2) is 7.03. The zero-order valence-electron chi connectivity index (χ0n) is 13.2. The van der Waals surface area contributed by atoms with Crippen LogP contribution < -0.4 is 5.32 Å². The number of aromatic nitrogens is 1. The fourth-order valence-corrected chi connectivity index (χ4v) is 3.06. The number of carboxylic acid groups (broad SMARTS) is 1. The number of pyridine rings is 1. The lowest BCUT2D eigenvalue weighted by Gasteiger charge is -2.16. The molecule has 3 aromatic rings. The van der Waals surface area contributed by atoms with E-state index in [2.05, 4.69) is 32.8 Å². The Balaban J connectivity index is 2.13. The molecule has 0 aliphatic carbocycles. The van der Waals surface area contributed by atoms with Crippen molar-refractivity contribution in [2.75, 3.05) is 0 Å². The van der Waals surface area contributed by atoms with Gasteiger partial charge < -0.3 is 10.4 Å². The van der Waals surface area contributed by atoms with E-state index < -0.39 is 17.9 Å². The molecule has 2 aromatic carbocycles. The van der Waals surface area contributed by atoms with Gasteiger partial charge in [0.1, 0.15) is 6.04 Å². The number of carbonyl (C=O) groups is 2. The second-order valence-corrected chi connectivity index (χ2v) is 6.73. The summed E-state index contributed by atoms with van der Waals surface area (Å²) in [5.41, 5.74) is 1.79. The van der Waals surface area contributed by atoms with Crippen LogP contribution >= 0.6 is 15.9 Å². The SMILES string of the molecule is C=C(Br)C[C@@H](NC(=O)c1c2ccccc2nc2ccccc12)C(=O)O. The summed E-state index contributed by atoms with van der Waals surface area (Å²) in [5, 5.41) is 13.3. The molecule has 0 unspecified atom stereocenters. The maximum absolute atomic E-state index is 12.9. The van der Waals surface area contributed by atoms with Gasteiger partial charge in [-0.15, -0.1) is 0 Å². The van der Waals surface area contributed by atoms with E-state index in [9.17, 15) is 14.7 Å². The molecule has 0 fully saturated rings. The average Bonchev–Trinajstić information content (AvgIpc) is 2.58. The number of nitrogens with zero attached hydrogens (tertiary/aromatic N) is 1. The van der Waals surface area contributed by atoms with Crippen molar-refractivity contribution in [2.45, 2.75) is 12.5 Å². The van der Waals surface area contributed by atoms with E-state index in [0.29, 0.717) is 31.9 Å². The Morgan fingerprint density at radius 1 is 1.08 bits per heavy atom. The number of halogens is 1. The largest absolute Gasteiger partial charge is 0.480 e. The number of amides is 1. The molecule has 25 heavy (non-hydrogen) atoms. The molecule has 1 heterocycles. The number of rotatable bonds is 5. The smallest absolute Gasteiger partial charge is 0.326 e. The first kappa shape index (κ1) is 17.1. The summed E-state index contributed by atoms with van der Waals surface area (Å²) in [5.74, 6) is -1.56. The number of hydrogen-bond donors (Lipinski definition) is 2. The summed E-state index contributed by atoms with van der Waals surface area (Å²) in [4.78, 5) is 28.9. The van der Waals surface area contributed by atoms with Crippen molar-refractivity contribution in [1.82, 2.24) is 10.3 Å². The van der Waals surface area contributed by atoms with Gasteiger partial charge in [-0.1, -0.05) is 58.9 Å². The Kier molecular flexibility index (Phi) is 4.81. The molecule has 0 aliphatic rings. The predicted octanol–water partition coefficient (Wildman–Crippen LogP) is 3.87. The minimum Gasteiger partial charge on any atom is -0.480 e. The van der Waals surface area contributed by atoms with E-state index in [1.54, 1.807) is 0 Å². The fourth-order valence-electron chi connectivity index (χ4n) is 2.74. The lowest BCUT2D eigenvalue weighted by atomic mass is 10.0. The molecule has 0 saturated carbocycles. The maximum atomic E-state index is 12.9. The number of para-hydroxylation sites is 2. The summed E-state index contributed by atoms with van der Waals surface area (Å²) in [7, 11) is 0. The number of aliphatic carboxylic acids is 1. The molecule has 1 aromatic heterocycles. The topological polar surface area (TPSA) is 79.3 Å². The first-order chi connectivity index (χ1) is 12.0. The van der Waals surface area contributed by atoms with Crippen LogP contribution in [0.25, 0.3) is 21.8 Å². The fraction of sp³-hybridized carbons (Fsp3) is 0.105. The van der Waals surface area contributed by atoms with Crippen LogP contribution in [0.15, 0.2) is 59.6 Å². The van der Waals surface area contributed by atoms with Crippen LogP contribution in [-0.2, 0) is 4.79 Å². The molecule has 5 nitrogen and oxygen atoms in total. The molecular weight excluding hydrogens is 384 g/mol. The second-order valence-electron chi connectivity index (χ2n) is 5.61. The Bertz CT molecular complexity index is 946. The molecule has 6 heteroatoms. The predicted molar refractivity (Wildman–Crippen MR) is 101 cm³/mol. The van der Waals surface area contributed by atoms with Crippen molar-refractivity contribution >= 4 is 49.6 Å². The number of carboxylic acids is 1. The van der Waals surface area contributed by atoms with Crippen molar-refractivity contribution in [1.29, 1.82) is 0 Å². The summed E-state index contributed by atoms with van der Waals surface area (Å²) >= 11 is 3.15. The van der Waals surface area contributed by atoms with Gasteiger partial charge in [0.15, 0.2) is 0 Å². The number of nitrogens with one attached hydrogen (secondary N) is 1. The van der Waals surface area contributed by atoms with Gasteiger partial charge in [-0.05, 0) is 16.6 Å². The third-order valence-corrected chi connectivity index (χ3v) is 4.17. The van der Waals surface area contributed by atoms with E-state index >= 15 is 0 Å². The molecule has 1 atom stereocenters. The highest BCUT2D eigenvalue weighted by Gasteiger charge is 2.23. The van der Waals surface area contributed by atoms with Gasteiger partial charge in [0, 0.05) is 17.2 Å². The van der Waals surface area contributed by atoms with E-state index in [1.165, 1.54) is 0 Å². The molecule has 0 radical (unpaired) electrons. The average molecular weight is 399 g/mol. The van der Waals surface area contributed by atoms with Gasteiger partial charge in [0.2, 0.25) is 0 Å². The number of fused-ring (bicyclic) bond motifs is 2. The van der Waals surface area contributed by atoms with E-state index in [4.69, 9.17) is 0 Å². The normalized spacial score (nSPS) is 12.0. The first-order valence-corrected chi connectivity index (χ1v) is 8.41. The van der Waals surface area contributed by atoms with Crippen molar-refractivity contribution in [3.8, 4) is 0 Å². The van der Waals surface area contributed by atoms with Gasteiger partial charge in [-0.25, -0.2) is 9.78 Å². The highest BCUT2D eigenvalue weighted by atomic mass is 79.9. The van der Waals surface area contributed by atoms with Crippen LogP contribution in [0.3, 0.4) is 0 Å². The summed E-state index contributed by atoms with van der Waals surface area (Å²) in [6.45, 7) is 3.65. The molecule has 0 aliphatic heterocycles. The van der Waals surface area contributed by atoms with Crippen molar-refractivity contribution in [3.63, 3.8) is 0 Å². The zero-order valence-corrected chi connectivity index (χ0v) is 14.8. The van der Waals surface area contributed by atoms with E-state index in [1.807, 2.05) is 48.5 Å². The van der Waals surface area contributed by atoms with E-state index in [-0.39, 0.29) is 6.42 Å². The Morgan fingerprint density at radius 2 is 1.60 bits per heavy atom. The molecule has 3 rings (SSSR count). The molecular formula is C19H15BrN2O3. The highest BCUT2D eigenvalue weighted by molar-refractivity contribution is 9.11. The van der Waals surface area contributed by atoms with E-state index in [0.717, 1.165) is 0 Å². The molecule has 2 N–H and O–H groups in total.